The van der Waals surface area contributed by atoms with Crippen molar-refractivity contribution < 1.29 is 22.7 Å². The Bertz CT molecular complexity index is 657. The van der Waals surface area contributed by atoms with Crippen LogP contribution in [0.25, 0.3) is 0 Å². The van der Waals surface area contributed by atoms with Gasteiger partial charge in [-0.25, -0.2) is 8.42 Å². The summed E-state index contributed by atoms with van der Waals surface area (Å²) in [6, 6.07) is 4.71. The van der Waals surface area contributed by atoms with Crippen LogP contribution in [0, 0.1) is 6.92 Å². The third kappa shape index (κ3) is 6.07. The van der Waals surface area contributed by atoms with Gasteiger partial charge in [0, 0.05) is 32.3 Å². The SMILES string of the molecule is CCN(CC)S(=O)(=O)c1cc(C(=O)NCCOCCOC)ccc1C. The first-order valence-electron chi connectivity index (χ1n) is 8.34. The Morgan fingerprint density at radius 1 is 1.16 bits per heavy atom. The standard InChI is InChI=1S/C17H28N2O5S/c1-5-19(6-2)25(21,22)16-13-15(8-7-14(16)3)17(20)18-9-10-24-12-11-23-4/h7-8,13H,5-6,9-12H2,1-4H3,(H,18,20). The molecule has 0 unspecified atom stereocenters. The minimum atomic E-state index is -3.61. The van der Waals surface area contributed by atoms with Gasteiger partial charge in [-0.3, -0.25) is 4.79 Å². The Hall–Kier alpha value is -1.48. The van der Waals surface area contributed by atoms with E-state index in [4.69, 9.17) is 9.47 Å². The van der Waals surface area contributed by atoms with Crippen molar-refractivity contribution >= 4 is 15.9 Å². The van der Waals surface area contributed by atoms with E-state index in [9.17, 15) is 13.2 Å². The average Bonchev–Trinajstić information content (AvgIpc) is 2.58. The second-order valence-electron chi connectivity index (χ2n) is 5.43. The molecule has 8 heteroatoms. The molecule has 0 fully saturated rings. The maximum atomic E-state index is 12.7. The van der Waals surface area contributed by atoms with E-state index >= 15 is 0 Å². The molecule has 0 radical (unpaired) electrons. The van der Waals surface area contributed by atoms with Gasteiger partial charge in [-0.15, -0.1) is 0 Å². The monoisotopic (exact) mass is 372 g/mol. The predicted octanol–water partition coefficient (Wildman–Crippen LogP) is 1.42. The third-order valence-electron chi connectivity index (χ3n) is 3.74. The van der Waals surface area contributed by atoms with Gasteiger partial charge in [0.1, 0.15) is 0 Å². The van der Waals surface area contributed by atoms with E-state index in [1.807, 2.05) is 0 Å². The number of ether oxygens (including phenoxy) is 2. The average molecular weight is 372 g/mol. The van der Waals surface area contributed by atoms with Crippen LogP contribution in [0.1, 0.15) is 29.8 Å². The second-order valence-corrected chi connectivity index (χ2v) is 7.34. The molecule has 7 nitrogen and oxygen atoms in total. The lowest BCUT2D eigenvalue weighted by molar-refractivity contribution is 0.0692. The normalized spacial score (nSPS) is 11.7. The first kappa shape index (κ1) is 21.6. The van der Waals surface area contributed by atoms with Crippen LogP contribution in [0.5, 0.6) is 0 Å². The number of amides is 1. The van der Waals surface area contributed by atoms with Crippen molar-refractivity contribution in [3.8, 4) is 0 Å². The van der Waals surface area contributed by atoms with Gasteiger partial charge >= 0.3 is 0 Å². The molecule has 1 rings (SSSR count). The Kier molecular flexibility index (Phi) is 9.05. The summed E-state index contributed by atoms with van der Waals surface area (Å²) >= 11 is 0. The van der Waals surface area contributed by atoms with E-state index in [0.717, 1.165) is 0 Å². The first-order valence-corrected chi connectivity index (χ1v) is 9.78. The zero-order chi connectivity index (χ0) is 18.9. The molecule has 1 aromatic rings. The summed E-state index contributed by atoms with van der Waals surface area (Å²) in [5, 5.41) is 2.72. The molecule has 1 amide bonds. The van der Waals surface area contributed by atoms with Gasteiger partial charge < -0.3 is 14.8 Å². The highest BCUT2D eigenvalue weighted by Crippen LogP contribution is 2.21. The fourth-order valence-corrected chi connectivity index (χ4v) is 4.01. The molecule has 0 spiro atoms. The second kappa shape index (κ2) is 10.5. The van der Waals surface area contributed by atoms with Crippen molar-refractivity contribution in [2.24, 2.45) is 0 Å². The van der Waals surface area contributed by atoms with Crippen molar-refractivity contribution in [3.63, 3.8) is 0 Å². The third-order valence-corrected chi connectivity index (χ3v) is 5.93. The number of rotatable bonds is 11. The van der Waals surface area contributed by atoms with Crippen molar-refractivity contribution in [3.05, 3.63) is 29.3 Å². The summed E-state index contributed by atoms with van der Waals surface area (Å²) in [6.45, 7) is 7.73. The van der Waals surface area contributed by atoms with Gasteiger partial charge in [-0.1, -0.05) is 19.9 Å². The molecule has 1 N–H and O–H groups in total. The van der Waals surface area contributed by atoms with E-state index in [-0.39, 0.29) is 10.8 Å². The topological polar surface area (TPSA) is 84.9 Å². The fourth-order valence-electron chi connectivity index (χ4n) is 2.30. The van der Waals surface area contributed by atoms with Crippen molar-refractivity contribution in [2.45, 2.75) is 25.7 Å². The Labute approximate surface area is 150 Å². The van der Waals surface area contributed by atoms with Gasteiger partial charge in [0.05, 0.1) is 24.7 Å². The lowest BCUT2D eigenvalue weighted by Gasteiger charge is -2.20. The van der Waals surface area contributed by atoms with Crippen molar-refractivity contribution in [1.29, 1.82) is 0 Å². The summed E-state index contributed by atoms with van der Waals surface area (Å²) in [5.41, 5.74) is 0.930. The smallest absolute Gasteiger partial charge is 0.251 e. The number of hydrogen-bond acceptors (Lipinski definition) is 5. The van der Waals surface area contributed by atoms with Gasteiger partial charge in [0.15, 0.2) is 0 Å². The largest absolute Gasteiger partial charge is 0.382 e. The summed E-state index contributed by atoms with van der Waals surface area (Å²) in [4.78, 5) is 12.4. The van der Waals surface area contributed by atoms with Gasteiger partial charge in [-0.2, -0.15) is 4.31 Å². The Morgan fingerprint density at radius 3 is 2.44 bits per heavy atom. The molecular formula is C17H28N2O5S. The van der Waals surface area contributed by atoms with E-state index in [0.29, 0.717) is 50.6 Å². The van der Waals surface area contributed by atoms with Gasteiger partial charge in [-0.05, 0) is 24.6 Å². The zero-order valence-electron chi connectivity index (χ0n) is 15.4. The van der Waals surface area contributed by atoms with Gasteiger partial charge in [0.2, 0.25) is 10.0 Å². The number of nitrogens with zero attached hydrogens (tertiary/aromatic N) is 1. The van der Waals surface area contributed by atoms with Crippen LogP contribution in [0.4, 0.5) is 0 Å². The van der Waals surface area contributed by atoms with E-state index < -0.39 is 10.0 Å². The molecule has 0 atom stereocenters. The van der Waals surface area contributed by atoms with Crippen molar-refractivity contribution in [1.82, 2.24) is 9.62 Å². The van der Waals surface area contributed by atoms with Crippen molar-refractivity contribution in [2.75, 3.05) is 46.6 Å². The fraction of sp³-hybridized carbons (Fsp3) is 0.588. The summed E-state index contributed by atoms with van der Waals surface area (Å²) < 4.78 is 36.9. The number of methoxy groups -OCH3 is 1. The Balaban J connectivity index is 2.82. The molecule has 0 saturated heterocycles. The number of sulfonamides is 1. The zero-order valence-corrected chi connectivity index (χ0v) is 16.2. The summed E-state index contributed by atoms with van der Waals surface area (Å²) in [7, 11) is -2.02. The maximum absolute atomic E-state index is 12.7. The Morgan fingerprint density at radius 2 is 1.84 bits per heavy atom. The molecule has 142 valence electrons. The minimum Gasteiger partial charge on any atom is -0.382 e. The molecular weight excluding hydrogens is 344 g/mol. The lowest BCUT2D eigenvalue weighted by Crippen LogP contribution is -2.32. The highest BCUT2D eigenvalue weighted by Gasteiger charge is 2.24. The highest BCUT2D eigenvalue weighted by molar-refractivity contribution is 7.89. The lowest BCUT2D eigenvalue weighted by atomic mass is 10.1. The molecule has 0 bridgehead atoms. The first-order chi connectivity index (χ1) is 11.9. The number of hydrogen-bond donors (Lipinski definition) is 1. The van der Waals surface area contributed by atoms with E-state index in [1.54, 1.807) is 40.0 Å². The molecule has 0 aliphatic carbocycles. The quantitative estimate of drug-likeness (QED) is 0.594. The van der Waals surface area contributed by atoms with Crippen LogP contribution in [0.3, 0.4) is 0 Å². The van der Waals surface area contributed by atoms with Crippen LogP contribution in [0.15, 0.2) is 23.1 Å². The summed E-state index contributed by atoms with van der Waals surface area (Å²) in [6.07, 6.45) is 0. The molecule has 0 heterocycles. The van der Waals surface area contributed by atoms with Crippen LogP contribution in [-0.4, -0.2) is 65.2 Å². The number of carbonyl (C=O) groups excluding carboxylic acids is 1. The minimum absolute atomic E-state index is 0.167. The number of carbonyl (C=O) groups is 1. The molecule has 0 saturated carbocycles. The predicted molar refractivity (Wildman–Crippen MR) is 96.3 cm³/mol. The molecule has 25 heavy (non-hydrogen) atoms. The van der Waals surface area contributed by atoms with Crippen LogP contribution >= 0.6 is 0 Å². The van der Waals surface area contributed by atoms with E-state index in [1.165, 1.54) is 10.4 Å². The molecule has 1 aromatic carbocycles. The molecule has 0 aromatic heterocycles. The molecule has 0 aliphatic heterocycles. The van der Waals surface area contributed by atoms with E-state index in [2.05, 4.69) is 5.32 Å². The molecule has 0 aliphatic rings. The van der Waals surface area contributed by atoms with Gasteiger partial charge in [0.25, 0.3) is 5.91 Å². The number of aryl methyl sites for hydroxylation is 1. The van der Waals surface area contributed by atoms with Crippen LogP contribution < -0.4 is 5.32 Å². The maximum Gasteiger partial charge on any atom is 0.251 e. The number of nitrogens with one attached hydrogen (secondary N) is 1. The summed E-state index contributed by atoms with van der Waals surface area (Å²) in [5.74, 6) is -0.327. The van der Waals surface area contributed by atoms with Crippen LogP contribution in [0.2, 0.25) is 0 Å². The number of benzene rings is 1. The van der Waals surface area contributed by atoms with Crippen LogP contribution in [-0.2, 0) is 19.5 Å². The highest BCUT2D eigenvalue weighted by atomic mass is 32.2.